The molecule has 2 saturated carbocycles. The summed E-state index contributed by atoms with van der Waals surface area (Å²) in [6, 6.07) is 5.38. The maximum atomic E-state index is 6.01. The van der Waals surface area contributed by atoms with Gasteiger partial charge in [0, 0.05) is 18.6 Å². The molecule has 2 fully saturated rings. The van der Waals surface area contributed by atoms with Crippen molar-refractivity contribution in [2.24, 2.45) is 11.7 Å². The van der Waals surface area contributed by atoms with Gasteiger partial charge in [0.2, 0.25) is 0 Å². The fourth-order valence-corrected chi connectivity index (χ4v) is 2.93. The van der Waals surface area contributed by atoms with E-state index < -0.39 is 0 Å². The molecule has 3 rings (SSSR count). The lowest BCUT2D eigenvalue weighted by Crippen LogP contribution is -2.48. The number of furan rings is 1. The van der Waals surface area contributed by atoms with E-state index in [4.69, 9.17) is 10.2 Å². The van der Waals surface area contributed by atoms with E-state index in [0.717, 1.165) is 30.8 Å². The Labute approximate surface area is 103 Å². The summed E-state index contributed by atoms with van der Waals surface area (Å²) >= 11 is 0. The van der Waals surface area contributed by atoms with Crippen molar-refractivity contribution in [3.8, 4) is 0 Å². The van der Waals surface area contributed by atoms with E-state index in [1.165, 1.54) is 32.1 Å². The predicted molar refractivity (Wildman–Crippen MR) is 67.5 cm³/mol. The minimum absolute atomic E-state index is 0.571. The molecule has 1 heterocycles. The van der Waals surface area contributed by atoms with Gasteiger partial charge in [0.25, 0.3) is 0 Å². The van der Waals surface area contributed by atoms with Gasteiger partial charge in [0.1, 0.15) is 5.76 Å². The summed E-state index contributed by atoms with van der Waals surface area (Å²) in [5.74, 6) is 1.91. The maximum absolute atomic E-state index is 6.01. The highest BCUT2D eigenvalue weighted by Crippen LogP contribution is 2.38. The van der Waals surface area contributed by atoms with Crippen molar-refractivity contribution >= 4 is 0 Å². The lowest BCUT2D eigenvalue weighted by molar-refractivity contribution is 0.0807. The second kappa shape index (κ2) is 4.83. The zero-order valence-electron chi connectivity index (χ0n) is 10.3. The summed E-state index contributed by atoms with van der Waals surface area (Å²) in [6.07, 6.45) is 8.56. The normalized spacial score (nSPS) is 22.7. The molecular formula is C14H22N2O. The van der Waals surface area contributed by atoms with Crippen LogP contribution in [0.25, 0.3) is 0 Å². The van der Waals surface area contributed by atoms with Crippen LogP contribution in [-0.2, 0) is 6.54 Å². The van der Waals surface area contributed by atoms with Gasteiger partial charge < -0.3 is 10.2 Å². The first-order chi connectivity index (χ1) is 8.38. The maximum Gasteiger partial charge on any atom is 0.117 e. The smallest absolute Gasteiger partial charge is 0.117 e. The highest BCUT2D eigenvalue weighted by atomic mass is 16.3. The van der Waals surface area contributed by atoms with Crippen LogP contribution in [0.4, 0.5) is 0 Å². The van der Waals surface area contributed by atoms with Gasteiger partial charge in [-0.2, -0.15) is 0 Å². The average Bonchev–Trinajstić information content (AvgIpc) is 2.99. The van der Waals surface area contributed by atoms with E-state index in [2.05, 4.69) is 11.0 Å². The molecule has 17 heavy (non-hydrogen) atoms. The summed E-state index contributed by atoms with van der Waals surface area (Å²) in [4.78, 5) is 2.60. The fourth-order valence-electron chi connectivity index (χ4n) is 2.93. The van der Waals surface area contributed by atoms with E-state index >= 15 is 0 Å². The lowest BCUT2D eigenvalue weighted by atomic mass is 9.79. The van der Waals surface area contributed by atoms with E-state index in [1.54, 1.807) is 6.26 Å². The molecule has 1 aromatic rings. The minimum Gasteiger partial charge on any atom is -0.468 e. The molecule has 3 heteroatoms. The second-order valence-electron chi connectivity index (χ2n) is 5.48. The molecule has 2 aliphatic rings. The molecule has 94 valence electrons. The highest BCUT2D eigenvalue weighted by molar-refractivity contribution is 5.02. The third-order valence-corrected chi connectivity index (χ3v) is 4.30. The molecule has 0 spiro atoms. The van der Waals surface area contributed by atoms with Crippen molar-refractivity contribution in [1.82, 2.24) is 4.90 Å². The molecule has 0 amide bonds. The Morgan fingerprint density at radius 2 is 2.18 bits per heavy atom. The van der Waals surface area contributed by atoms with Crippen LogP contribution in [0.2, 0.25) is 0 Å². The largest absolute Gasteiger partial charge is 0.468 e. The average molecular weight is 234 g/mol. The molecule has 1 aromatic heterocycles. The van der Waals surface area contributed by atoms with Crippen molar-refractivity contribution in [3.05, 3.63) is 24.2 Å². The summed E-state index contributed by atoms with van der Waals surface area (Å²) < 4.78 is 5.49. The van der Waals surface area contributed by atoms with Gasteiger partial charge in [-0.25, -0.2) is 0 Å². The standard InChI is InChI=1S/C14H22N2O/c15-9-14(11-3-1-4-11)16(12-6-7-12)10-13-5-2-8-17-13/h2,5,8,11-12,14H,1,3-4,6-7,9-10,15H2. The van der Waals surface area contributed by atoms with Gasteiger partial charge in [-0.1, -0.05) is 6.42 Å². The lowest BCUT2D eigenvalue weighted by Gasteiger charge is -2.40. The molecule has 0 saturated heterocycles. The van der Waals surface area contributed by atoms with Crippen LogP contribution >= 0.6 is 0 Å². The van der Waals surface area contributed by atoms with Crippen LogP contribution in [0.1, 0.15) is 37.9 Å². The predicted octanol–water partition coefficient (Wildman–Crippen LogP) is 2.37. The van der Waals surface area contributed by atoms with Crippen molar-refractivity contribution < 1.29 is 4.42 Å². The summed E-state index contributed by atoms with van der Waals surface area (Å²) in [7, 11) is 0. The molecule has 0 radical (unpaired) electrons. The van der Waals surface area contributed by atoms with Gasteiger partial charge in [-0.15, -0.1) is 0 Å². The third kappa shape index (κ3) is 2.40. The first-order valence-electron chi connectivity index (χ1n) is 6.86. The van der Waals surface area contributed by atoms with E-state index in [1.807, 2.05) is 6.07 Å². The van der Waals surface area contributed by atoms with Crippen molar-refractivity contribution in [2.75, 3.05) is 6.54 Å². The topological polar surface area (TPSA) is 42.4 Å². The molecule has 1 unspecified atom stereocenters. The molecular weight excluding hydrogens is 212 g/mol. The van der Waals surface area contributed by atoms with Gasteiger partial charge in [-0.3, -0.25) is 4.90 Å². The number of rotatable bonds is 6. The molecule has 2 aliphatic carbocycles. The number of nitrogens with zero attached hydrogens (tertiary/aromatic N) is 1. The first-order valence-corrected chi connectivity index (χ1v) is 6.86. The van der Waals surface area contributed by atoms with Gasteiger partial charge in [0.15, 0.2) is 0 Å². The van der Waals surface area contributed by atoms with Crippen LogP contribution in [-0.4, -0.2) is 23.5 Å². The van der Waals surface area contributed by atoms with Gasteiger partial charge in [0.05, 0.1) is 12.8 Å². The Bertz CT molecular complexity index is 341. The third-order valence-electron chi connectivity index (χ3n) is 4.30. The molecule has 0 aromatic carbocycles. The van der Waals surface area contributed by atoms with E-state index in [-0.39, 0.29) is 0 Å². The van der Waals surface area contributed by atoms with Crippen molar-refractivity contribution in [1.29, 1.82) is 0 Å². The molecule has 0 bridgehead atoms. The first kappa shape index (κ1) is 11.3. The molecule has 2 N–H and O–H groups in total. The van der Waals surface area contributed by atoms with E-state index in [9.17, 15) is 0 Å². The van der Waals surface area contributed by atoms with Gasteiger partial charge >= 0.3 is 0 Å². The van der Waals surface area contributed by atoms with Gasteiger partial charge in [-0.05, 0) is 43.7 Å². The fraction of sp³-hybridized carbons (Fsp3) is 0.714. The number of nitrogens with two attached hydrogens (primary N) is 1. The molecule has 1 atom stereocenters. The zero-order valence-corrected chi connectivity index (χ0v) is 10.3. The van der Waals surface area contributed by atoms with E-state index in [0.29, 0.717) is 6.04 Å². The Morgan fingerprint density at radius 1 is 1.35 bits per heavy atom. The summed E-state index contributed by atoms with van der Waals surface area (Å²) in [6.45, 7) is 1.73. The Hall–Kier alpha value is -0.800. The Morgan fingerprint density at radius 3 is 2.65 bits per heavy atom. The quantitative estimate of drug-likeness (QED) is 0.821. The number of hydrogen-bond acceptors (Lipinski definition) is 3. The highest BCUT2D eigenvalue weighted by Gasteiger charge is 2.38. The summed E-state index contributed by atoms with van der Waals surface area (Å²) in [5.41, 5.74) is 6.01. The minimum atomic E-state index is 0.571. The van der Waals surface area contributed by atoms with Crippen LogP contribution in [0.15, 0.2) is 22.8 Å². The monoisotopic (exact) mass is 234 g/mol. The van der Waals surface area contributed by atoms with Crippen LogP contribution in [0.5, 0.6) is 0 Å². The van der Waals surface area contributed by atoms with Crippen LogP contribution < -0.4 is 5.73 Å². The van der Waals surface area contributed by atoms with Crippen LogP contribution in [0.3, 0.4) is 0 Å². The Kier molecular flexibility index (Phi) is 3.21. The zero-order chi connectivity index (χ0) is 11.7. The van der Waals surface area contributed by atoms with Crippen molar-refractivity contribution in [2.45, 2.75) is 50.7 Å². The van der Waals surface area contributed by atoms with Crippen molar-refractivity contribution in [3.63, 3.8) is 0 Å². The molecule has 0 aliphatic heterocycles. The molecule has 3 nitrogen and oxygen atoms in total. The number of hydrogen-bond donors (Lipinski definition) is 1. The second-order valence-corrected chi connectivity index (χ2v) is 5.48. The summed E-state index contributed by atoms with van der Waals surface area (Å²) in [5, 5.41) is 0. The SMILES string of the molecule is NCC(C1CCC1)N(Cc1ccco1)C1CC1. The van der Waals surface area contributed by atoms with Crippen LogP contribution in [0, 0.1) is 5.92 Å². The Balaban J connectivity index is 1.69.